The summed E-state index contributed by atoms with van der Waals surface area (Å²) in [4.78, 5) is 54.2. The van der Waals surface area contributed by atoms with Crippen molar-refractivity contribution in [1.29, 1.82) is 0 Å². The lowest BCUT2D eigenvalue weighted by atomic mass is 9.89. The maximum Gasteiger partial charge on any atom is 0.335 e. The lowest BCUT2D eigenvalue weighted by molar-refractivity contribution is -0.346. The average molecular weight is 856 g/mol. The number of fused-ring (bicyclic) bond motifs is 1. The van der Waals surface area contributed by atoms with E-state index < -0.39 is 91.5 Å². The van der Waals surface area contributed by atoms with Crippen molar-refractivity contribution in [2.24, 2.45) is 11.8 Å². The van der Waals surface area contributed by atoms with Crippen LogP contribution in [0.3, 0.4) is 0 Å². The average Bonchev–Trinajstić information content (AvgIpc) is 3.92. The molecule has 14 atom stereocenters. The molecule has 0 bridgehead atoms. The van der Waals surface area contributed by atoms with Crippen molar-refractivity contribution in [3.05, 3.63) is 37.2 Å². The minimum atomic E-state index is -2.28. The zero-order chi connectivity index (χ0) is 43.7. The Morgan fingerprint density at radius 1 is 0.900 bits per heavy atom. The van der Waals surface area contributed by atoms with Gasteiger partial charge in [0.25, 0.3) is 0 Å². The Morgan fingerprint density at radius 3 is 2.23 bits per heavy atom. The number of aliphatic carboxylic acids is 1. The van der Waals surface area contributed by atoms with Gasteiger partial charge in [-0.3, -0.25) is 19.3 Å². The molecule has 5 N–H and O–H groups in total. The molecule has 21 heteroatoms. The smallest absolute Gasteiger partial charge is 0.335 e. The first-order valence-corrected chi connectivity index (χ1v) is 20.4. The Kier molecular flexibility index (Phi) is 17.2. The summed E-state index contributed by atoms with van der Waals surface area (Å²) >= 11 is 0. The van der Waals surface area contributed by atoms with Crippen molar-refractivity contribution >= 4 is 23.7 Å². The molecule has 0 aromatic carbocycles. The molecule has 4 fully saturated rings. The fourth-order valence-corrected chi connectivity index (χ4v) is 7.88. The van der Waals surface area contributed by atoms with Crippen molar-refractivity contribution < 1.29 is 77.5 Å². The lowest BCUT2D eigenvalue weighted by Crippen LogP contribution is -2.64. The van der Waals surface area contributed by atoms with Gasteiger partial charge < -0.3 is 58.9 Å². The molecular weight excluding hydrogens is 797 g/mol. The van der Waals surface area contributed by atoms with Gasteiger partial charge in [-0.15, -0.1) is 18.3 Å². The highest BCUT2D eigenvalue weighted by atomic mass is 19.1. The number of nitrogens with zero attached hydrogens (tertiary/aromatic N) is 5. The van der Waals surface area contributed by atoms with Crippen molar-refractivity contribution in [1.82, 2.24) is 24.8 Å². The monoisotopic (exact) mass is 855 g/mol. The summed E-state index contributed by atoms with van der Waals surface area (Å²) in [5, 5.41) is 59.5. The Bertz CT molecular complexity index is 1600. The van der Waals surface area contributed by atoms with Crippen LogP contribution in [0.1, 0.15) is 58.1 Å². The summed E-state index contributed by atoms with van der Waals surface area (Å²) in [6, 6.07) is 0. The van der Waals surface area contributed by atoms with Gasteiger partial charge >= 0.3 is 5.97 Å². The SMILES string of the molecule is C=C[C@@H]1O[C@H](C=C)[C@@H]2C(=O)N(CCCCCN(Cc3cn(CCOCCO[C@@H]4OC(C(=O)O)[C@@H](O[C@H]5OC(CC)[C@@H](O)[C@H](O)C5F)[C@H](O)C4O)nn3)C(=O)CCC)C(=O)[C@@H]21. The van der Waals surface area contributed by atoms with E-state index in [1.807, 2.05) is 6.92 Å². The highest BCUT2D eigenvalue weighted by Crippen LogP contribution is 2.41. The first-order valence-electron chi connectivity index (χ1n) is 20.4. The van der Waals surface area contributed by atoms with Crippen LogP contribution < -0.4 is 0 Å². The normalized spacial score (nSPS) is 34.1. The summed E-state index contributed by atoms with van der Waals surface area (Å²) in [6.45, 7) is 12.2. The molecule has 20 nitrogen and oxygen atoms in total. The number of hydrogen-bond acceptors (Lipinski definition) is 16. The van der Waals surface area contributed by atoms with E-state index in [1.54, 1.807) is 34.9 Å². The maximum atomic E-state index is 14.8. The van der Waals surface area contributed by atoms with Crippen molar-refractivity contribution in [3.8, 4) is 0 Å². The number of aliphatic hydroxyl groups excluding tert-OH is 4. The molecule has 4 unspecified atom stereocenters. The van der Waals surface area contributed by atoms with Gasteiger partial charge in [0.1, 0.15) is 36.2 Å². The second-order valence-electron chi connectivity index (χ2n) is 15.2. The van der Waals surface area contributed by atoms with Crippen LogP contribution in [0.25, 0.3) is 0 Å². The number of imide groups is 1. The Labute approximate surface area is 346 Å². The Balaban J connectivity index is 1.02. The first kappa shape index (κ1) is 47.3. The number of amides is 3. The molecule has 4 aliphatic heterocycles. The summed E-state index contributed by atoms with van der Waals surface area (Å²) in [6.07, 6.45) is -10.9. The molecule has 0 aliphatic carbocycles. The summed E-state index contributed by atoms with van der Waals surface area (Å²) in [7, 11) is 0. The zero-order valence-electron chi connectivity index (χ0n) is 33.9. The van der Waals surface area contributed by atoms with Crippen LogP contribution in [-0.4, -0.2) is 181 Å². The molecular formula is C39H58FN5O15. The highest BCUT2D eigenvalue weighted by Gasteiger charge is 2.58. The summed E-state index contributed by atoms with van der Waals surface area (Å²) < 4.78 is 49.2. The third-order valence-electron chi connectivity index (χ3n) is 11.1. The number of aliphatic hydroxyl groups is 4. The van der Waals surface area contributed by atoms with Crippen molar-refractivity contribution in [2.45, 2.75) is 139 Å². The van der Waals surface area contributed by atoms with Gasteiger partial charge in [-0.2, -0.15) is 0 Å². The van der Waals surface area contributed by atoms with Gasteiger partial charge in [0.2, 0.25) is 17.7 Å². The van der Waals surface area contributed by atoms with Gasteiger partial charge in [-0.05, 0) is 32.1 Å². The second-order valence-corrected chi connectivity index (χ2v) is 15.2. The van der Waals surface area contributed by atoms with E-state index in [2.05, 4.69) is 23.5 Å². The molecule has 1 aromatic rings. The summed E-state index contributed by atoms with van der Waals surface area (Å²) in [5.41, 5.74) is 0.562. The third-order valence-corrected chi connectivity index (χ3v) is 11.1. The summed E-state index contributed by atoms with van der Waals surface area (Å²) in [5.74, 6) is -3.32. The molecule has 4 saturated heterocycles. The van der Waals surface area contributed by atoms with Crippen LogP contribution in [0.4, 0.5) is 4.39 Å². The van der Waals surface area contributed by atoms with Crippen LogP contribution in [0, 0.1) is 11.8 Å². The fourth-order valence-electron chi connectivity index (χ4n) is 7.88. The Hall–Kier alpha value is -3.77. The number of halogens is 1. The van der Waals surface area contributed by atoms with Crippen LogP contribution in [0.15, 0.2) is 31.5 Å². The Morgan fingerprint density at radius 2 is 1.60 bits per heavy atom. The lowest BCUT2D eigenvalue weighted by Gasteiger charge is -2.44. The number of alkyl halides is 1. The van der Waals surface area contributed by atoms with Gasteiger partial charge in [-0.1, -0.05) is 31.2 Å². The number of aromatic nitrogens is 3. The van der Waals surface area contributed by atoms with Gasteiger partial charge in [0.15, 0.2) is 24.9 Å². The molecule has 0 spiro atoms. The van der Waals surface area contributed by atoms with E-state index in [9.17, 15) is 49.1 Å². The van der Waals surface area contributed by atoms with Crippen molar-refractivity contribution in [3.63, 3.8) is 0 Å². The number of carboxylic acids is 1. The molecule has 336 valence electrons. The van der Waals surface area contributed by atoms with Crippen molar-refractivity contribution in [2.75, 3.05) is 32.9 Å². The third kappa shape index (κ3) is 10.8. The van der Waals surface area contributed by atoms with E-state index >= 15 is 0 Å². The molecule has 4 aliphatic rings. The number of unbranched alkanes of at least 4 members (excludes halogenated alkanes) is 2. The predicted molar refractivity (Wildman–Crippen MR) is 203 cm³/mol. The maximum absolute atomic E-state index is 14.8. The second kappa shape index (κ2) is 21.8. The largest absolute Gasteiger partial charge is 0.479 e. The molecule has 1 aromatic heterocycles. The predicted octanol–water partition coefficient (Wildman–Crippen LogP) is -0.538. The molecule has 0 saturated carbocycles. The van der Waals surface area contributed by atoms with E-state index in [-0.39, 0.29) is 63.6 Å². The standard InChI is InChI=1S/C39H58FN5O15/c1-5-12-25(46)43(13-10-9-11-14-45-35(51)26-22(6-2)57-23(7-3)27(26)36(45)52)19-21-20-44(42-41-21)15-16-55-17-18-56-39-32(50)31(49)33(34(60-39)37(53)54)59-38-28(40)30(48)29(47)24(8-4)58-38/h6-7,20,22-24,26-34,38-39,47-50H,2-3,5,8-19H2,1,4H3,(H,53,54)/t22-,23+,24?,26+,27-,28?,29-,30-,31-,32?,33+,34?,38-,39-/m1/s1. The van der Waals surface area contributed by atoms with E-state index in [4.69, 9.17) is 28.4 Å². The van der Waals surface area contributed by atoms with E-state index in [0.717, 1.165) is 0 Å². The van der Waals surface area contributed by atoms with Gasteiger partial charge in [0, 0.05) is 19.5 Å². The quantitative estimate of drug-likeness (QED) is 0.0526. The van der Waals surface area contributed by atoms with Crippen LogP contribution >= 0.6 is 0 Å². The topological polar surface area (TPSA) is 262 Å². The minimum absolute atomic E-state index is 0.0282. The number of carbonyl (C=O) groups is 4. The minimum Gasteiger partial charge on any atom is -0.479 e. The zero-order valence-corrected chi connectivity index (χ0v) is 33.9. The number of rotatable bonds is 23. The van der Waals surface area contributed by atoms with Crippen LogP contribution in [-0.2, 0) is 60.7 Å². The van der Waals surface area contributed by atoms with Gasteiger partial charge in [0.05, 0.1) is 69.3 Å². The molecule has 5 rings (SSSR count). The number of carboxylic acid groups (broad SMARTS) is 1. The molecule has 3 amide bonds. The van der Waals surface area contributed by atoms with Gasteiger partial charge in [-0.25, -0.2) is 13.9 Å². The fraction of sp³-hybridized carbons (Fsp3) is 0.744. The first-order chi connectivity index (χ1) is 28.8. The van der Waals surface area contributed by atoms with E-state index in [1.165, 1.54) is 4.90 Å². The highest BCUT2D eigenvalue weighted by molar-refractivity contribution is 6.06. The molecule has 5 heterocycles. The number of likely N-dealkylation sites (tertiary alicyclic amines) is 1. The van der Waals surface area contributed by atoms with Crippen LogP contribution in [0.5, 0.6) is 0 Å². The number of ether oxygens (including phenoxy) is 6. The number of hydrogen-bond donors (Lipinski definition) is 5. The van der Waals surface area contributed by atoms with Crippen LogP contribution in [0.2, 0.25) is 0 Å². The number of carbonyl (C=O) groups excluding carboxylic acids is 3. The molecule has 60 heavy (non-hydrogen) atoms. The molecule has 0 radical (unpaired) electrons. The van der Waals surface area contributed by atoms with E-state index in [0.29, 0.717) is 44.3 Å².